The Kier molecular flexibility index (Phi) is 5.78. The van der Waals surface area contributed by atoms with Crippen LogP contribution >= 0.6 is 0 Å². The van der Waals surface area contributed by atoms with Gasteiger partial charge in [0.15, 0.2) is 0 Å². The molecule has 0 aliphatic carbocycles. The van der Waals surface area contributed by atoms with E-state index < -0.39 is 15.7 Å². The Balaban J connectivity index is 3.04. The summed E-state index contributed by atoms with van der Waals surface area (Å²) in [7, 11) is -3.63. The topological polar surface area (TPSA) is 78.4 Å². The van der Waals surface area contributed by atoms with Crippen molar-refractivity contribution in [3.63, 3.8) is 0 Å². The Bertz CT molecular complexity index is 650. The Labute approximate surface area is 127 Å². The molecule has 0 unspecified atom stereocenters. The van der Waals surface area contributed by atoms with Crippen molar-refractivity contribution in [1.82, 2.24) is 4.72 Å². The van der Waals surface area contributed by atoms with Crippen LogP contribution in [0.1, 0.15) is 38.8 Å². The molecule has 6 heteroatoms. The van der Waals surface area contributed by atoms with Crippen molar-refractivity contribution in [2.75, 3.05) is 11.3 Å². The van der Waals surface area contributed by atoms with E-state index in [1.807, 2.05) is 13.0 Å². The minimum atomic E-state index is -3.63. The van der Waals surface area contributed by atoms with Crippen LogP contribution in [0.15, 0.2) is 18.2 Å². The van der Waals surface area contributed by atoms with E-state index in [0.717, 1.165) is 11.1 Å². The zero-order chi connectivity index (χ0) is 16.1. The summed E-state index contributed by atoms with van der Waals surface area (Å²) in [6.45, 7) is 7.07. The van der Waals surface area contributed by atoms with Crippen molar-refractivity contribution in [2.45, 2.75) is 39.7 Å². The summed E-state index contributed by atoms with van der Waals surface area (Å²) in [5.41, 5.74) is 1.57. The first kappa shape index (κ1) is 17.5. The van der Waals surface area contributed by atoms with Crippen molar-refractivity contribution in [1.29, 1.82) is 0 Å². The lowest BCUT2D eigenvalue weighted by atomic mass is 10.1. The van der Waals surface area contributed by atoms with Crippen molar-refractivity contribution in [3.8, 4) is 11.8 Å². The molecule has 3 N–H and O–H groups in total. The summed E-state index contributed by atoms with van der Waals surface area (Å²) in [6, 6.07) is 5.22. The highest BCUT2D eigenvalue weighted by atomic mass is 32.2. The number of hydrogen-bond acceptors (Lipinski definition) is 3. The Morgan fingerprint density at radius 1 is 1.29 bits per heavy atom. The van der Waals surface area contributed by atoms with Crippen molar-refractivity contribution >= 4 is 15.9 Å². The van der Waals surface area contributed by atoms with E-state index >= 15 is 0 Å². The van der Waals surface area contributed by atoms with Gasteiger partial charge in [0.05, 0.1) is 5.69 Å². The second kappa shape index (κ2) is 6.94. The zero-order valence-corrected chi connectivity index (χ0v) is 13.6. The average molecular weight is 310 g/mol. The van der Waals surface area contributed by atoms with Crippen LogP contribution < -0.4 is 9.44 Å². The van der Waals surface area contributed by atoms with Crippen LogP contribution in [0.5, 0.6) is 0 Å². The first-order valence-electron chi connectivity index (χ1n) is 6.71. The predicted octanol–water partition coefficient (Wildman–Crippen LogP) is 1.64. The maximum Gasteiger partial charge on any atom is 0.299 e. The summed E-state index contributed by atoms with van der Waals surface area (Å²) in [6.07, 6.45) is 0.669. The van der Waals surface area contributed by atoms with E-state index in [4.69, 9.17) is 5.11 Å². The van der Waals surface area contributed by atoms with Gasteiger partial charge in [-0.2, -0.15) is 13.1 Å². The molecular weight excluding hydrogens is 288 g/mol. The first-order chi connectivity index (χ1) is 9.67. The molecule has 0 aliphatic rings. The highest BCUT2D eigenvalue weighted by Crippen LogP contribution is 2.19. The second-order valence-electron chi connectivity index (χ2n) is 5.64. The van der Waals surface area contributed by atoms with Crippen LogP contribution in [-0.4, -0.2) is 25.7 Å². The highest BCUT2D eigenvalue weighted by molar-refractivity contribution is 7.90. The average Bonchev–Trinajstić information content (AvgIpc) is 2.34. The minimum absolute atomic E-state index is 0.203. The van der Waals surface area contributed by atoms with Gasteiger partial charge in [-0.3, -0.25) is 4.72 Å². The number of hydrogen-bond donors (Lipinski definition) is 3. The van der Waals surface area contributed by atoms with E-state index in [1.54, 1.807) is 32.9 Å². The number of aliphatic hydroxyl groups excluding tert-OH is 1. The lowest BCUT2D eigenvalue weighted by molar-refractivity contribution is 0.350. The van der Waals surface area contributed by atoms with Gasteiger partial charge in [-0.05, 0) is 51.0 Å². The van der Waals surface area contributed by atoms with E-state index in [9.17, 15) is 8.42 Å². The molecule has 116 valence electrons. The van der Waals surface area contributed by atoms with Crippen LogP contribution in [0.4, 0.5) is 5.69 Å². The fourth-order valence-electron chi connectivity index (χ4n) is 1.78. The molecule has 0 aliphatic heterocycles. The largest absolute Gasteiger partial charge is 0.384 e. The van der Waals surface area contributed by atoms with Gasteiger partial charge in [0.1, 0.15) is 6.61 Å². The maximum atomic E-state index is 12.1. The van der Waals surface area contributed by atoms with E-state index in [1.165, 1.54) is 0 Å². The van der Waals surface area contributed by atoms with Crippen LogP contribution in [-0.2, 0) is 16.6 Å². The molecule has 0 heterocycles. The van der Waals surface area contributed by atoms with Gasteiger partial charge in [0.2, 0.25) is 0 Å². The smallest absolute Gasteiger partial charge is 0.299 e. The maximum absolute atomic E-state index is 12.1. The molecule has 0 saturated heterocycles. The van der Waals surface area contributed by atoms with E-state index in [2.05, 4.69) is 21.3 Å². The monoisotopic (exact) mass is 310 g/mol. The molecule has 1 aromatic rings. The molecular formula is C15H22N2O3S. The normalized spacial score (nSPS) is 11.7. The molecule has 0 spiro atoms. The van der Waals surface area contributed by atoms with Crippen molar-refractivity contribution in [2.24, 2.45) is 0 Å². The molecule has 5 nitrogen and oxygen atoms in total. The Morgan fingerprint density at radius 3 is 2.48 bits per heavy atom. The molecule has 0 bridgehead atoms. The van der Waals surface area contributed by atoms with Gasteiger partial charge in [0.25, 0.3) is 10.2 Å². The lowest BCUT2D eigenvalue weighted by Gasteiger charge is -2.21. The number of nitrogens with one attached hydrogen (secondary N) is 2. The number of rotatable bonds is 4. The Morgan fingerprint density at radius 2 is 1.95 bits per heavy atom. The zero-order valence-electron chi connectivity index (χ0n) is 12.8. The van der Waals surface area contributed by atoms with Crippen LogP contribution in [0.3, 0.4) is 0 Å². The third-order valence-electron chi connectivity index (χ3n) is 2.48. The summed E-state index contributed by atoms with van der Waals surface area (Å²) in [5, 5.41) is 8.70. The fourth-order valence-corrected chi connectivity index (χ4v) is 3.12. The standard InChI is InChI=1S/C15H22N2O3S/c1-5-13-11-12(7-6-10-18)8-9-14(13)16-21(19,20)17-15(2,3)4/h8-9,11,16-18H,5,10H2,1-4H3. The summed E-state index contributed by atoms with van der Waals surface area (Å²) in [5.74, 6) is 5.37. The predicted molar refractivity (Wildman–Crippen MR) is 85.2 cm³/mol. The SMILES string of the molecule is CCc1cc(C#CCO)ccc1NS(=O)(=O)NC(C)(C)C. The molecule has 0 fully saturated rings. The molecule has 21 heavy (non-hydrogen) atoms. The summed E-state index contributed by atoms with van der Waals surface area (Å²) < 4.78 is 29.2. The third kappa shape index (κ3) is 6.17. The molecule has 0 amide bonds. The van der Waals surface area contributed by atoms with Crippen molar-refractivity contribution in [3.05, 3.63) is 29.3 Å². The second-order valence-corrected chi connectivity index (χ2v) is 7.06. The minimum Gasteiger partial charge on any atom is -0.384 e. The van der Waals surface area contributed by atoms with Gasteiger partial charge in [-0.1, -0.05) is 18.8 Å². The number of aryl methyl sites for hydroxylation is 1. The van der Waals surface area contributed by atoms with Gasteiger partial charge in [-0.15, -0.1) is 0 Å². The van der Waals surface area contributed by atoms with Crippen molar-refractivity contribution < 1.29 is 13.5 Å². The van der Waals surface area contributed by atoms with Gasteiger partial charge < -0.3 is 5.11 Å². The highest BCUT2D eigenvalue weighted by Gasteiger charge is 2.20. The molecule has 1 rings (SSSR count). The van der Waals surface area contributed by atoms with E-state index in [0.29, 0.717) is 12.1 Å². The molecule has 0 radical (unpaired) electrons. The third-order valence-corrected chi connectivity index (χ3v) is 3.85. The number of aliphatic hydroxyl groups is 1. The molecule has 1 aromatic carbocycles. The van der Waals surface area contributed by atoms with E-state index in [-0.39, 0.29) is 6.61 Å². The quantitative estimate of drug-likeness (QED) is 0.740. The van der Waals surface area contributed by atoms with Crippen LogP contribution in [0, 0.1) is 11.8 Å². The number of benzene rings is 1. The molecule has 0 saturated carbocycles. The van der Waals surface area contributed by atoms with Gasteiger partial charge in [0, 0.05) is 11.1 Å². The van der Waals surface area contributed by atoms with Crippen LogP contribution in [0.2, 0.25) is 0 Å². The summed E-state index contributed by atoms with van der Waals surface area (Å²) in [4.78, 5) is 0. The molecule has 0 atom stereocenters. The molecule has 0 aromatic heterocycles. The summed E-state index contributed by atoms with van der Waals surface area (Å²) >= 11 is 0. The lowest BCUT2D eigenvalue weighted by Crippen LogP contribution is -2.43. The fraction of sp³-hybridized carbons (Fsp3) is 0.467. The van der Waals surface area contributed by atoms with Gasteiger partial charge >= 0.3 is 0 Å². The van der Waals surface area contributed by atoms with Crippen LogP contribution in [0.25, 0.3) is 0 Å². The first-order valence-corrected chi connectivity index (χ1v) is 8.19. The number of anilines is 1. The van der Waals surface area contributed by atoms with Gasteiger partial charge in [-0.25, -0.2) is 0 Å². The Hall–Kier alpha value is -1.55.